The summed E-state index contributed by atoms with van der Waals surface area (Å²) in [6.07, 6.45) is 3.12. The smallest absolute Gasteiger partial charge is 0.295 e. The third kappa shape index (κ3) is 2.27. The van der Waals surface area contributed by atoms with Gasteiger partial charge in [0, 0.05) is 18.5 Å². The molecule has 1 amide bonds. The Morgan fingerprint density at radius 3 is 2.90 bits per heavy atom. The van der Waals surface area contributed by atoms with Crippen LogP contribution in [0.25, 0.3) is 0 Å². The topological polar surface area (TPSA) is 76.0 Å². The number of carbonyl (C=O) groups is 1. The Bertz CT molecular complexity index is 694. The Balaban J connectivity index is 1.89. The second kappa shape index (κ2) is 5.16. The fourth-order valence-electron chi connectivity index (χ4n) is 2.14. The second-order valence-electron chi connectivity index (χ2n) is 4.56. The standard InChI is InChI=1S/C14H14N4O2/c19-13(10-5-2-1-3-6-10)17-11-9-15-12-7-4-8-16-18(12)14(11)20/h1-3,5-6,9,16H,4,7-8H2,(H,17,19). The first-order chi connectivity index (χ1) is 9.75. The number of aromatic nitrogens is 2. The van der Waals surface area contributed by atoms with Crippen LogP contribution >= 0.6 is 0 Å². The Hall–Kier alpha value is -2.63. The van der Waals surface area contributed by atoms with Crippen molar-refractivity contribution in [1.29, 1.82) is 0 Å². The van der Waals surface area contributed by atoms with E-state index in [0.717, 1.165) is 19.4 Å². The number of hydrogen-bond acceptors (Lipinski definition) is 4. The lowest BCUT2D eigenvalue weighted by molar-refractivity contribution is 0.102. The molecule has 1 aliphatic rings. The van der Waals surface area contributed by atoms with Crippen LogP contribution in [0.3, 0.4) is 0 Å². The van der Waals surface area contributed by atoms with Gasteiger partial charge in [0.15, 0.2) is 0 Å². The summed E-state index contributed by atoms with van der Waals surface area (Å²) in [6, 6.07) is 8.76. The molecule has 0 bridgehead atoms. The molecule has 1 aromatic carbocycles. The van der Waals surface area contributed by atoms with E-state index in [2.05, 4.69) is 15.7 Å². The Kier molecular flexibility index (Phi) is 3.20. The van der Waals surface area contributed by atoms with Crippen molar-refractivity contribution in [2.75, 3.05) is 17.3 Å². The maximum Gasteiger partial charge on any atom is 0.295 e. The molecule has 2 N–H and O–H groups in total. The van der Waals surface area contributed by atoms with Gasteiger partial charge in [-0.2, -0.15) is 0 Å². The van der Waals surface area contributed by atoms with E-state index < -0.39 is 0 Å². The number of anilines is 1. The van der Waals surface area contributed by atoms with Gasteiger partial charge < -0.3 is 10.7 Å². The molecule has 2 aromatic rings. The largest absolute Gasteiger partial charge is 0.321 e. The first kappa shape index (κ1) is 12.4. The minimum Gasteiger partial charge on any atom is -0.321 e. The van der Waals surface area contributed by atoms with Crippen LogP contribution in [0.2, 0.25) is 0 Å². The minimum atomic E-state index is -0.319. The molecule has 0 radical (unpaired) electrons. The quantitative estimate of drug-likeness (QED) is 0.853. The molecule has 0 unspecified atom stereocenters. The molecule has 20 heavy (non-hydrogen) atoms. The van der Waals surface area contributed by atoms with E-state index in [9.17, 15) is 9.59 Å². The molecule has 0 aliphatic carbocycles. The summed E-state index contributed by atoms with van der Waals surface area (Å²) in [7, 11) is 0. The van der Waals surface area contributed by atoms with Crippen LogP contribution in [0.15, 0.2) is 41.3 Å². The fourth-order valence-corrected chi connectivity index (χ4v) is 2.14. The van der Waals surface area contributed by atoms with Crippen LogP contribution in [0.4, 0.5) is 5.69 Å². The molecule has 0 saturated heterocycles. The van der Waals surface area contributed by atoms with Crippen molar-refractivity contribution in [2.24, 2.45) is 0 Å². The van der Waals surface area contributed by atoms with E-state index >= 15 is 0 Å². The number of amides is 1. The highest BCUT2D eigenvalue weighted by molar-refractivity contribution is 6.04. The minimum absolute atomic E-state index is 0.178. The monoisotopic (exact) mass is 270 g/mol. The van der Waals surface area contributed by atoms with Crippen LogP contribution in [0, 0.1) is 0 Å². The molecule has 6 heteroatoms. The van der Waals surface area contributed by atoms with E-state index in [4.69, 9.17) is 0 Å². The molecule has 2 heterocycles. The molecule has 0 fully saturated rings. The van der Waals surface area contributed by atoms with Crippen LogP contribution in [0.5, 0.6) is 0 Å². The predicted molar refractivity (Wildman–Crippen MR) is 75.4 cm³/mol. The number of aryl methyl sites for hydroxylation is 1. The zero-order chi connectivity index (χ0) is 13.9. The van der Waals surface area contributed by atoms with Crippen molar-refractivity contribution < 1.29 is 4.79 Å². The van der Waals surface area contributed by atoms with Gasteiger partial charge in [-0.3, -0.25) is 9.59 Å². The van der Waals surface area contributed by atoms with Crippen LogP contribution < -0.4 is 16.3 Å². The summed E-state index contributed by atoms with van der Waals surface area (Å²) in [5.41, 5.74) is 3.38. The Morgan fingerprint density at radius 1 is 1.30 bits per heavy atom. The third-order valence-corrected chi connectivity index (χ3v) is 3.17. The van der Waals surface area contributed by atoms with Crippen LogP contribution in [-0.2, 0) is 6.42 Å². The molecular weight excluding hydrogens is 256 g/mol. The maximum absolute atomic E-state index is 12.2. The zero-order valence-electron chi connectivity index (χ0n) is 10.8. The van der Waals surface area contributed by atoms with Crippen LogP contribution in [0.1, 0.15) is 22.6 Å². The summed E-state index contributed by atoms with van der Waals surface area (Å²) >= 11 is 0. The first-order valence-electron chi connectivity index (χ1n) is 6.47. The molecule has 6 nitrogen and oxygen atoms in total. The van der Waals surface area contributed by atoms with Crippen molar-refractivity contribution in [3.63, 3.8) is 0 Å². The molecule has 1 aromatic heterocycles. The molecule has 0 atom stereocenters. The third-order valence-electron chi connectivity index (χ3n) is 3.17. The van der Waals surface area contributed by atoms with Crippen molar-refractivity contribution in [1.82, 2.24) is 9.66 Å². The number of nitrogens with zero attached hydrogens (tertiary/aromatic N) is 2. The predicted octanol–water partition coefficient (Wildman–Crippen LogP) is 0.985. The SMILES string of the molecule is O=C(Nc1cnc2n(c1=O)NCCC2)c1ccccc1. The van der Waals surface area contributed by atoms with Gasteiger partial charge in [-0.05, 0) is 18.6 Å². The highest BCUT2D eigenvalue weighted by Gasteiger charge is 2.15. The zero-order valence-corrected chi connectivity index (χ0v) is 10.8. The molecule has 102 valence electrons. The van der Waals surface area contributed by atoms with Crippen LogP contribution in [-0.4, -0.2) is 22.1 Å². The van der Waals surface area contributed by atoms with Gasteiger partial charge in [0.25, 0.3) is 11.5 Å². The van der Waals surface area contributed by atoms with E-state index in [1.165, 1.54) is 10.9 Å². The first-order valence-corrected chi connectivity index (χ1v) is 6.47. The average molecular weight is 270 g/mol. The van der Waals surface area contributed by atoms with E-state index in [1.54, 1.807) is 24.3 Å². The van der Waals surface area contributed by atoms with Gasteiger partial charge in [0.05, 0.1) is 6.20 Å². The lowest BCUT2D eigenvalue weighted by atomic mass is 10.2. The molecule has 1 aliphatic heterocycles. The lowest BCUT2D eigenvalue weighted by Crippen LogP contribution is -2.38. The number of carbonyl (C=O) groups excluding carboxylic acids is 1. The van der Waals surface area contributed by atoms with Gasteiger partial charge in [0.1, 0.15) is 11.5 Å². The Morgan fingerprint density at radius 2 is 2.10 bits per heavy atom. The number of benzene rings is 1. The summed E-state index contributed by atoms with van der Waals surface area (Å²) in [4.78, 5) is 28.5. The highest BCUT2D eigenvalue weighted by atomic mass is 16.2. The number of rotatable bonds is 2. The molecule has 3 rings (SSSR count). The van der Waals surface area contributed by atoms with Crippen molar-refractivity contribution in [3.05, 3.63) is 58.3 Å². The molecule has 0 spiro atoms. The number of fused-ring (bicyclic) bond motifs is 1. The summed E-state index contributed by atoms with van der Waals surface area (Å²) in [5.74, 6) is 0.375. The summed E-state index contributed by atoms with van der Waals surface area (Å²) in [5, 5.41) is 2.60. The van der Waals surface area contributed by atoms with Gasteiger partial charge in [-0.15, -0.1) is 0 Å². The van der Waals surface area contributed by atoms with Crippen molar-refractivity contribution >= 4 is 11.6 Å². The van der Waals surface area contributed by atoms with Crippen molar-refractivity contribution in [2.45, 2.75) is 12.8 Å². The molecule has 0 saturated carbocycles. The van der Waals surface area contributed by atoms with Crippen molar-refractivity contribution in [3.8, 4) is 0 Å². The highest BCUT2D eigenvalue weighted by Crippen LogP contribution is 2.07. The summed E-state index contributed by atoms with van der Waals surface area (Å²) < 4.78 is 1.41. The van der Waals surface area contributed by atoms with E-state index in [1.807, 2.05) is 6.07 Å². The fraction of sp³-hybridized carbons (Fsp3) is 0.214. The average Bonchev–Trinajstić information content (AvgIpc) is 2.51. The second-order valence-corrected chi connectivity index (χ2v) is 4.56. The number of nitrogens with one attached hydrogen (secondary N) is 2. The molecular formula is C14H14N4O2. The lowest BCUT2D eigenvalue weighted by Gasteiger charge is -2.19. The van der Waals surface area contributed by atoms with Gasteiger partial charge in [0.2, 0.25) is 0 Å². The Labute approximate surface area is 115 Å². The maximum atomic E-state index is 12.2. The van der Waals surface area contributed by atoms with E-state index in [0.29, 0.717) is 11.4 Å². The normalized spacial score (nSPS) is 13.2. The summed E-state index contributed by atoms with van der Waals surface area (Å²) in [6.45, 7) is 0.727. The van der Waals surface area contributed by atoms with Gasteiger partial charge >= 0.3 is 0 Å². The van der Waals surface area contributed by atoms with Gasteiger partial charge in [-0.25, -0.2) is 9.66 Å². The number of hydrogen-bond donors (Lipinski definition) is 2. The van der Waals surface area contributed by atoms with E-state index in [-0.39, 0.29) is 17.2 Å². The van der Waals surface area contributed by atoms with Gasteiger partial charge in [-0.1, -0.05) is 18.2 Å².